The number of rotatable bonds is 5. The molecule has 0 fully saturated rings. The number of oxazole rings is 1. The maximum Gasteiger partial charge on any atom is 0.300 e. The van der Waals surface area contributed by atoms with Crippen molar-refractivity contribution in [3.05, 3.63) is 60.2 Å². The van der Waals surface area contributed by atoms with Crippen molar-refractivity contribution in [3.63, 3.8) is 0 Å². The highest BCUT2D eigenvalue weighted by Crippen LogP contribution is 2.20. The smallest absolute Gasteiger partial charge is 0.300 e. The number of benzene rings is 1. The predicted molar refractivity (Wildman–Crippen MR) is 100 cm³/mol. The number of nitrogens with two attached hydrogens (primary N) is 1. The Morgan fingerprint density at radius 3 is 2.92 bits per heavy atom. The molecule has 130 valence electrons. The second-order valence-corrected chi connectivity index (χ2v) is 5.79. The average molecular weight is 347 g/mol. The lowest BCUT2D eigenvalue weighted by atomic mass is 10.1. The second-order valence-electron chi connectivity index (χ2n) is 5.79. The van der Waals surface area contributed by atoms with E-state index >= 15 is 0 Å². The number of nitrogen functional groups attached to an aromatic ring is 1. The molecule has 0 spiro atoms. The highest BCUT2D eigenvalue weighted by Gasteiger charge is 2.08. The SMILES string of the molecule is Cc1coc(Nc2cnc(N)c(NCc3ccc4ncccc4c3)n2)n1. The number of fused-ring (bicyclic) bond motifs is 1. The van der Waals surface area contributed by atoms with Crippen LogP contribution in [0.1, 0.15) is 11.3 Å². The third-order valence-electron chi connectivity index (χ3n) is 3.78. The monoisotopic (exact) mass is 347 g/mol. The van der Waals surface area contributed by atoms with Gasteiger partial charge in [-0.1, -0.05) is 12.1 Å². The van der Waals surface area contributed by atoms with Crippen LogP contribution in [0.2, 0.25) is 0 Å². The predicted octanol–water partition coefficient (Wildman–Crippen LogP) is 3.26. The van der Waals surface area contributed by atoms with Gasteiger partial charge < -0.3 is 15.5 Å². The van der Waals surface area contributed by atoms with Crippen LogP contribution in [-0.4, -0.2) is 19.9 Å². The molecule has 0 aliphatic rings. The second kappa shape index (κ2) is 6.67. The third kappa shape index (κ3) is 3.39. The van der Waals surface area contributed by atoms with Crippen LogP contribution >= 0.6 is 0 Å². The first-order valence-corrected chi connectivity index (χ1v) is 8.06. The standard InChI is InChI=1S/C18H17N7O/c1-11-10-26-18(23-11)25-15-9-21-16(19)17(24-15)22-8-12-4-5-14-13(7-12)3-2-6-20-14/h2-7,9-10H,8H2,1H3,(H2,19,21)(H2,22,23,24,25). The third-order valence-corrected chi connectivity index (χ3v) is 3.78. The molecule has 0 saturated heterocycles. The fourth-order valence-electron chi connectivity index (χ4n) is 2.53. The molecule has 0 aliphatic heterocycles. The van der Waals surface area contributed by atoms with Gasteiger partial charge >= 0.3 is 6.01 Å². The van der Waals surface area contributed by atoms with Crippen molar-refractivity contribution < 1.29 is 4.42 Å². The normalized spacial score (nSPS) is 10.8. The van der Waals surface area contributed by atoms with E-state index < -0.39 is 0 Å². The van der Waals surface area contributed by atoms with Crippen LogP contribution in [-0.2, 0) is 6.54 Å². The Kier molecular flexibility index (Phi) is 4.06. The Hall–Kier alpha value is -3.68. The van der Waals surface area contributed by atoms with E-state index in [-0.39, 0.29) is 0 Å². The van der Waals surface area contributed by atoms with E-state index in [0.717, 1.165) is 22.2 Å². The maximum atomic E-state index is 5.93. The van der Waals surface area contributed by atoms with Crippen LogP contribution in [0.15, 0.2) is 53.4 Å². The molecule has 4 rings (SSSR count). The Balaban J connectivity index is 1.50. The number of anilines is 4. The van der Waals surface area contributed by atoms with E-state index in [2.05, 4.69) is 36.6 Å². The van der Waals surface area contributed by atoms with Gasteiger partial charge in [0.15, 0.2) is 17.5 Å². The first-order valence-electron chi connectivity index (χ1n) is 8.06. The Labute approximate surface area is 149 Å². The minimum atomic E-state index is 0.321. The van der Waals surface area contributed by atoms with Gasteiger partial charge in [-0.3, -0.25) is 10.3 Å². The number of aryl methyl sites for hydroxylation is 1. The van der Waals surface area contributed by atoms with Crippen LogP contribution in [0.5, 0.6) is 0 Å². The summed E-state index contributed by atoms with van der Waals surface area (Å²) in [5.74, 6) is 1.30. The highest BCUT2D eigenvalue weighted by atomic mass is 16.4. The zero-order chi connectivity index (χ0) is 17.9. The van der Waals surface area contributed by atoms with Gasteiger partial charge in [0.1, 0.15) is 6.26 Å². The van der Waals surface area contributed by atoms with E-state index in [4.69, 9.17) is 10.2 Å². The Morgan fingerprint density at radius 1 is 1.15 bits per heavy atom. The zero-order valence-corrected chi connectivity index (χ0v) is 14.1. The van der Waals surface area contributed by atoms with Gasteiger partial charge in [0.25, 0.3) is 0 Å². The van der Waals surface area contributed by atoms with Gasteiger partial charge in [-0.05, 0) is 30.7 Å². The summed E-state index contributed by atoms with van der Waals surface area (Å²) in [6.45, 7) is 2.40. The van der Waals surface area contributed by atoms with Gasteiger partial charge in [-0.25, -0.2) is 9.97 Å². The summed E-state index contributed by atoms with van der Waals surface area (Å²) in [6, 6.07) is 10.4. The first kappa shape index (κ1) is 15.8. The summed E-state index contributed by atoms with van der Waals surface area (Å²) >= 11 is 0. The molecule has 4 N–H and O–H groups in total. The molecule has 8 heteroatoms. The Bertz CT molecular complexity index is 1060. The number of nitrogens with one attached hydrogen (secondary N) is 2. The number of hydrogen-bond donors (Lipinski definition) is 3. The molecular formula is C18H17N7O. The largest absolute Gasteiger partial charge is 0.432 e. The summed E-state index contributed by atoms with van der Waals surface area (Å²) in [5.41, 5.74) is 8.76. The molecular weight excluding hydrogens is 330 g/mol. The molecule has 1 aromatic carbocycles. The van der Waals surface area contributed by atoms with Gasteiger partial charge in [0.2, 0.25) is 0 Å². The summed E-state index contributed by atoms with van der Waals surface area (Å²) in [4.78, 5) is 17.1. The average Bonchev–Trinajstić information content (AvgIpc) is 3.06. The van der Waals surface area contributed by atoms with Gasteiger partial charge in [-0.15, -0.1) is 0 Å². The lowest BCUT2D eigenvalue weighted by Gasteiger charge is -2.10. The number of aromatic nitrogens is 4. The van der Waals surface area contributed by atoms with Gasteiger partial charge in [0, 0.05) is 18.1 Å². The van der Waals surface area contributed by atoms with Crippen molar-refractivity contribution in [3.8, 4) is 0 Å². The van der Waals surface area contributed by atoms with Crippen LogP contribution in [0.3, 0.4) is 0 Å². The molecule has 0 radical (unpaired) electrons. The van der Waals surface area contributed by atoms with E-state index in [1.807, 2.05) is 31.2 Å². The van der Waals surface area contributed by atoms with E-state index in [1.165, 1.54) is 6.20 Å². The van der Waals surface area contributed by atoms with E-state index in [1.54, 1.807) is 12.5 Å². The number of hydrogen-bond acceptors (Lipinski definition) is 8. The van der Waals surface area contributed by atoms with Crippen molar-refractivity contribution in [1.82, 2.24) is 19.9 Å². The van der Waals surface area contributed by atoms with Crippen LogP contribution < -0.4 is 16.4 Å². The van der Waals surface area contributed by atoms with Crippen molar-refractivity contribution in [1.29, 1.82) is 0 Å². The van der Waals surface area contributed by atoms with Gasteiger partial charge in [-0.2, -0.15) is 4.98 Å². The number of pyridine rings is 1. The molecule has 0 bridgehead atoms. The summed E-state index contributed by atoms with van der Waals surface area (Å²) in [5, 5.41) is 7.26. The van der Waals surface area contributed by atoms with Crippen molar-refractivity contribution in [2.24, 2.45) is 0 Å². The summed E-state index contributed by atoms with van der Waals surface area (Å²) < 4.78 is 5.26. The molecule has 0 aliphatic carbocycles. The van der Waals surface area contributed by atoms with Crippen molar-refractivity contribution in [2.75, 3.05) is 16.4 Å². The molecule has 0 atom stereocenters. The van der Waals surface area contributed by atoms with Crippen molar-refractivity contribution >= 4 is 34.4 Å². The lowest BCUT2D eigenvalue weighted by Crippen LogP contribution is -2.08. The fourth-order valence-corrected chi connectivity index (χ4v) is 2.53. The minimum Gasteiger partial charge on any atom is -0.432 e. The topological polar surface area (TPSA) is 115 Å². The number of nitrogens with zero attached hydrogens (tertiary/aromatic N) is 4. The van der Waals surface area contributed by atoms with Crippen LogP contribution in [0.4, 0.5) is 23.5 Å². The summed E-state index contributed by atoms with van der Waals surface area (Å²) in [7, 11) is 0. The molecule has 8 nitrogen and oxygen atoms in total. The minimum absolute atomic E-state index is 0.321. The zero-order valence-electron chi connectivity index (χ0n) is 14.1. The maximum absolute atomic E-state index is 5.93. The molecule has 26 heavy (non-hydrogen) atoms. The van der Waals surface area contributed by atoms with Crippen molar-refractivity contribution in [2.45, 2.75) is 13.5 Å². The fraction of sp³-hybridized carbons (Fsp3) is 0.111. The Morgan fingerprint density at radius 2 is 2.08 bits per heavy atom. The first-order chi connectivity index (χ1) is 12.7. The molecule has 4 aromatic rings. The van der Waals surface area contributed by atoms with Crippen LogP contribution in [0.25, 0.3) is 10.9 Å². The van der Waals surface area contributed by atoms with Crippen LogP contribution in [0, 0.1) is 6.92 Å². The van der Waals surface area contributed by atoms with E-state index in [0.29, 0.717) is 30.0 Å². The summed E-state index contributed by atoms with van der Waals surface area (Å²) in [6.07, 6.45) is 4.87. The molecule has 3 aromatic heterocycles. The molecule has 0 unspecified atom stereocenters. The van der Waals surface area contributed by atoms with E-state index in [9.17, 15) is 0 Å². The lowest BCUT2D eigenvalue weighted by molar-refractivity contribution is 0.576. The quantitative estimate of drug-likeness (QED) is 0.504. The molecule has 3 heterocycles. The molecule has 0 amide bonds. The highest BCUT2D eigenvalue weighted by molar-refractivity contribution is 5.79. The van der Waals surface area contributed by atoms with Gasteiger partial charge in [0.05, 0.1) is 17.4 Å². The molecule has 0 saturated carbocycles.